The third-order valence-corrected chi connectivity index (χ3v) is 3.72. The molecule has 0 radical (unpaired) electrons. The van der Waals surface area contributed by atoms with Crippen LogP contribution in [-0.2, 0) is 9.53 Å². The van der Waals surface area contributed by atoms with Crippen molar-refractivity contribution in [1.82, 2.24) is 0 Å². The van der Waals surface area contributed by atoms with E-state index in [0.29, 0.717) is 10.7 Å². The number of amides is 1. The molecule has 0 heterocycles. The van der Waals surface area contributed by atoms with Gasteiger partial charge in [0.05, 0.1) is 17.2 Å². The number of benzene rings is 2. The van der Waals surface area contributed by atoms with Gasteiger partial charge in [-0.05, 0) is 42.8 Å². The number of esters is 1. The molecule has 1 N–H and O–H groups in total. The fraction of sp³-hybridized carbons (Fsp3) is 0.111. The molecule has 124 valence electrons. The number of rotatable bonds is 5. The van der Waals surface area contributed by atoms with Gasteiger partial charge in [0.15, 0.2) is 0 Å². The van der Waals surface area contributed by atoms with Crippen molar-refractivity contribution in [2.75, 3.05) is 11.9 Å². The molecule has 2 aromatic carbocycles. The molecule has 2 aromatic rings. The number of hydrogen-bond acceptors (Lipinski definition) is 3. The smallest absolute Gasteiger partial charge is 0.339 e. The molecular formula is C18H15Cl2NO3. The summed E-state index contributed by atoms with van der Waals surface area (Å²) in [4.78, 5) is 23.8. The van der Waals surface area contributed by atoms with Gasteiger partial charge in [0, 0.05) is 16.8 Å². The Labute approximate surface area is 150 Å². The van der Waals surface area contributed by atoms with Crippen LogP contribution in [0.25, 0.3) is 6.08 Å². The van der Waals surface area contributed by atoms with Crippen molar-refractivity contribution in [2.45, 2.75) is 6.92 Å². The van der Waals surface area contributed by atoms with E-state index in [4.69, 9.17) is 27.9 Å². The van der Waals surface area contributed by atoms with Gasteiger partial charge in [-0.15, -0.1) is 0 Å². The van der Waals surface area contributed by atoms with Crippen LogP contribution in [0.2, 0.25) is 10.0 Å². The van der Waals surface area contributed by atoms with Crippen LogP contribution in [-0.4, -0.2) is 18.5 Å². The van der Waals surface area contributed by atoms with E-state index >= 15 is 0 Å². The quantitative estimate of drug-likeness (QED) is 0.611. The Morgan fingerprint density at radius 2 is 1.88 bits per heavy atom. The third-order valence-electron chi connectivity index (χ3n) is 3.05. The van der Waals surface area contributed by atoms with Gasteiger partial charge in [0.25, 0.3) is 0 Å². The number of carbonyl (C=O) groups excluding carboxylic acids is 2. The lowest BCUT2D eigenvalue weighted by Gasteiger charge is -2.07. The zero-order valence-electron chi connectivity index (χ0n) is 12.9. The molecule has 24 heavy (non-hydrogen) atoms. The van der Waals surface area contributed by atoms with Crippen LogP contribution in [0.4, 0.5) is 5.69 Å². The molecule has 0 fully saturated rings. The minimum Gasteiger partial charge on any atom is -0.462 e. The van der Waals surface area contributed by atoms with E-state index in [1.54, 1.807) is 31.2 Å². The second-order valence-corrected chi connectivity index (χ2v) is 5.57. The topological polar surface area (TPSA) is 55.4 Å². The maximum absolute atomic E-state index is 12.0. The summed E-state index contributed by atoms with van der Waals surface area (Å²) in [7, 11) is 0. The molecule has 0 aromatic heterocycles. The van der Waals surface area contributed by atoms with Crippen molar-refractivity contribution in [1.29, 1.82) is 0 Å². The molecule has 0 spiro atoms. The average molecular weight is 364 g/mol. The van der Waals surface area contributed by atoms with Crippen LogP contribution in [0.15, 0.2) is 48.5 Å². The number of nitrogens with one attached hydrogen (secondary N) is 1. The standard InChI is InChI=1S/C18H15Cl2NO3/c1-2-24-18(23)14-11-13(8-9-16(14)20)21-17(22)10-7-12-5-3-4-6-15(12)19/h3-11H,2H2,1H3,(H,21,22)/b10-7+. The van der Waals surface area contributed by atoms with Crippen LogP contribution < -0.4 is 5.32 Å². The van der Waals surface area contributed by atoms with Crippen LogP contribution in [0.5, 0.6) is 0 Å². The van der Waals surface area contributed by atoms with Crippen molar-refractivity contribution in [3.8, 4) is 0 Å². The maximum atomic E-state index is 12.0. The Bertz CT molecular complexity index is 788. The normalized spacial score (nSPS) is 10.6. The molecule has 0 bridgehead atoms. The first-order chi connectivity index (χ1) is 11.5. The summed E-state index contributed by atoms with van der Waals surface area (Å²) in [6.45, 7) is 1.95. The first-order valence-electron chi connectivity index (χ1n) is 7.21. The van der Waals surface area contributed by atoms with Crippen molar-refractivity contribution < 1.29 is 14.3 Å². The zero-order valence-corrected chi connectivity index (χ0v) is 14.4. The Hall–Kier alpha value is -2.30. The van der Waals surface area contributed by atoms with Gasteiger partial charge in [0.2, 0.25) is 5.91 Å². The number of ether oxygens (including phenoxy) is 1. The van der Waals surface area contributed by atoms with Gasteiger partial charge in [0.1, 0.15) is 0 Å². The molecule has 0 unspecified atom stereocenters. The van der Waals surface area contributed by atoms with Gasteiger partial charge in [-0.3, -0.25) is 4.79 Å². The third kappa shape index (κ3) is 4.85. The molecule has 0 aliphatic carbocycles. The SMILES string of the molecule is CCOC(=O)c1cc(NC(=O)/C=C/c2ccccc2Cl)ccc1Cl. The summed E-state index contributed by atoms with van der Waals surface area (Å²) in [6, 6.07) is 11.8. The Kier molecular flexibility index (Phi) is 6.41. The molecule has 0 saturated carbocycles. The van der Waals surface area contributed by atoms with Crippen LogP contribution >= 0.6 is 23.2 Å². The summed E-state index contributed by atoms with van der Waals surface area (Å²) < 4.78 is 4.92. The van der Waals surface area contributed by atoms with E-state index in [1.807, 2.05) is 12.1 Å². The van der Waals surface area contributed by atoms with E-state index in [-0.39, 0.29) is 23.1 Å². The van der Waals surface area contributed by atoms with E-state index in [9.17, 15) is 9.59 Å². The van der Waals surface area contributed by atoms with Crippen LogP contribution in [0.3, 0.4) is 0 Å². The fourth-order valence-electron chi connectivity index (χ4n) is 1.93. The molecule has 0 aliphatic heterocycles. The highest BCUT2D eigenvalue weighted by Crippen LogP contribution is 2.22. The predicted molar refractivity (Wildman–Crippen MR) is 96.5 cm³/mol. The average Bonchev–Trinajstić information content (AvgIpc) is 2.56. The highest BCUT2D eigenvalue weighted by Gasteiger charge is 2.12. The van der Waals surface area contributed by atoms with Gasteiger partial charge < -0.3 is 10.1 Å². The molecule has 0 saturated heterocycles. The monoisotopic (exact) mass is 363 g/mol. The van der Waals surface area contributed by atoms with Crippen LogP contribution in [0.1, 0.15) is 22.8 Å². The maximum Gasteiger partial charge on any atom is 0.339 e. The van der Waals surface area contributed by atoms with E-state index in [1.165, 1.54) is 18.2 Å². The number of halogens is 2. The second-order valence-electron chi connectivity index (χ2n) is 4.76. The Balaban J connectivity index is 2.10. The van der Waals surface area contributed by atoms with E-state index in [0.717, 1.165) is 5.56 Å². The van der Waals surface area contributed by atoms with Crippen LogP contribution in [0, 0.1) is 0 Å². The van der Waals surface area contributed by atoms with Crippen molar-refractivity contribution in [2.24, 2.45) is 0 Å². The summed E-state index contributed by atoms with van der Waals surface area (Å²) >= 11 is 12.0. The lowest BCUT2D eigenvalue weighted by Crippen LogP contribution is -2.10. The van der Waals surface area contributed by atoms with Crippen molar-refractivity contribution in [3.63, 3.8) is 0 Å². The number of carbonyl (C=O) groups is 2. The lowest BCUT2D eigenvalue weighted by atomic mass is 10.2. The molecule has 0 aliphatic rings. The highest BCUT2D eigenvalue weighted by atomic mass is 35.5. The van der Waals surface area contributed by atoms with Gasteiger partial charge in [-0.1, -0.05) is 41.4 Å². The Morgan fingerprint density at radius 1 is 1.12 bits per heavy atom. The summed E-state index contributed by atoms with van der Waals surface area (Å²) in [5, 5.41) is 3.48. The molecule has 2 rings (SSSR count). The molecule has 4 nitrogen and oxygen atoms in total. The molecular weight excluding hydrogens is 349 g/mol. The summed E-state index contributed by atoms with van der Waals surface area (Å²) in [5.74, 6) is -0.891. The highest BCUT2D eigenvalue weighted by molar-refractivity contribution is 6.33. The molecule has 0 atom stereocenters. The first kappa shape index (κ1) is 18.0. The minimum atomic E-state index is -0.537. The van der Waals surface area contributed by atoms with Gasteiger partial charge in [-0.25, -0.2) is 4.79 Å². The largest absolute Gasteiger partial charge is 0.462 e. The van der Waals surface area contributed by atoms with Crippen molar-refractivity contribution >= 4 is 46.8 Å². The van der Waals surface area contributed by atoms with Gasteiger partial charge in [-0.2, -0.15) is 0 Å². The predicted octanol–water partition coefficient (Wildman–Crippen LogP) is 4.82. The number of hydrogen-bond donors (Lipinski definition) is 1. The van der Waals surface area contributed by atoms with Crippen molar-refractivity contribution in [3.05, 3.63) is 69.7 Å². The molecule has 6 heteroatoms. The number of anilines is 1. The minimum absolute atomic E-state index is 0.200. The molecule has 1 amide bonds. The van der Waals surface area contributed by atoms with E-state index < -0.39 is 5.97 Å². The second kappa shape index (κ2) is 8.52. The summed E-state index contributed by atoms with van der Waals surface area (Å²) in [6.07, 6.45) is 2.97. The summed E-state index contributed by atoms with van der Waals surface area (Å²) in [5.41, 5.74) is 1.38. The van der Waals surface area contributed by atoms with Gasteiger partial charge >= 0.3 is 5.97 Å². The van der Waals surface area contributed by atoms with E-state index in [2.05, 4.69) is 5.32 Å². The Morgan fingerprint density at radius 3 is 2.58 bits per heavy atom. The lowest BCUT2D eigenvalue weighted by molar-refractivity contribution is -0.111. The first-order valence-corrected chi connectivity index (χ1v) is 7.97. The zero-order chi connectivity index (χ0) is 17.5. The fourth-order valence-corrected chi connectivity index (χ4v) is 2.32.